The molecule has 0 amide bonds. The van der Waals surface area contributed by atoms with Crippen molar-refractivity contribution in [1.29, 1.82) is 0 Å². The molecule has 9 heteroatoms. The molecule has 7 nitrogen and oxygen atoms in total. The fourth-order valence-electron chi connectivity index (χ4n) is 3.47. The topological polar surface area (TPSA) is 125 Å². The minimum absolute atomic E-state index is 0. The van der Waals surface area contributed by atoms with Crippen molar-refractivity contribution in [3.8, 4) is 11.5 Å². The minimum atomic E-state index is -1.26. The second-order valence-corrected chi connectivity index (χ2v) is 6.98. The summed E-state index contributed by atoms with van der Waals surface area (Å²) in [7, 11) is 0. The standard InChI is InChI=1S/C21H25NO6.2Na/c23-11-16-7-14(3-6-19(16)24)20(25)10-22-17-4-1-13-2-5-18(9-15(13)8-17)28-12-21(26)27;;/h2-3,5-7,9,17,20,22-25H,1,4,8,10-12H2,(H,26,27);;/q;2*+1/p-2/t17-,20?;;/m0../s1. The Labute approximate surface area is 220 Å². The van der Waals surface area contributed by atoms with Gasteiger partial charge in [0, 0.05) is 12.6 Å². The molecule has 0 fully saturated rings. The molecule has 0 aromatic heterocycles. The summed E-state index contributed by atoms with van der Waals surface area (Å²) in [6.45, 7) is -0.511. The number of aliphatic hydroxyl groups is 2. The van der Waals surface area contributed by atoms with Crippen molar-refractivity contribution in [2.24, 2.45) is 0 Å². The van der Waals surface area contributed by atoms with Gasteiger partial charge in [-0.05, 0) is 53.6 Å². The number of nitrogens with one attached hydrogen (secondary N) is 1. The van der Waals surface area contributed by atoms with Crippen molar-refractivity contribution in [3.63, 3.8) is 0 Å². The first-order valence-electron chi connectivity index (χ1n) is 9.23. The fraction of sp³-hybridized carbons (Fsp3) is 0.381. The number of hydrogen-bond donors (Lipinski definition) is 3. The number of aryl methyl sites for hydroxylation is 1. The number of carbonyl (C=O) groups is 1. The van der Waals surface area contributed by atoms with Crippen molar-refractivity contribution >= 4 is 5.97 Å². The van der Waals surface area contributed by atoms with Gasteiger partial charge in [0.05, 0.1) is 18.7 Å². The van der Waals surface area contributed by atoms with Crippen molar-refractivity contribution < 1.29 is 89.1 Å². The van der Waals surface area contributed by atoms with Crippen LogP contribution in [0.4, 0.5) is 0 Å². The van der Waals surface area contributed by atoms with E-state index in [9.17, 15) is 25.2 Å². The van der Waals surface area contributed by atoms with Crippen LogP contribution in [-0.4, -0.2) is 35.4 Å². The maximum absolute atomic E-state index is 11.6. The van der Waals surface area contributed by atoms with Crippen LogP contribution in [0.5, 0.6) is 11.5 Å². The second kappa shape index (κ2) is 13.1. The number of ether oxygens (including phenoxy) is 1. The van der Waals surface area contributed by atoms with Crippen LogP contribution < -0.4 is 79.4 Å². The van der Waals surface area contributed by atoms with E-state index in [0.29, 0.717) is 17.9 Å². The summed E-state index contributed by atoms with van der Waals surface area (Å²) in [5.41, 5.74) is 3.16. The number of carboxylic acid groups (broad SMARTS) is 1. The summed E-state index contributed by atoms with van der Waals surface area (Å²) in [6, 6.07) is 10.2. The summed E-state index contributed by atoms with van der Waals surface area (Å²) in [4.78, 5) is 10.5. The van der Waals surface area contributed by atoms with E-state index >= 15 is 0 Å². The Morgan fingerprint density at radius 2 is 1.97 bits per heavy atom. The number of rotatable bonds is 8. The van der Waals surface area contributed by atoms with Gasteiger partial charge in [0.25, 0.3) is 0 Å². The molecule has 0 saturated carbocycles. The van der Waals surface area contributed by atoms with Gasteiger partial charge in [0.1, 0.15) is 12.4 Å². The number of hydrogen-bond acceptors (Lipinski definition) is 7. The van der Waals surface area contributed by atoms with Crippen molar-refractivity contribution in [1.82, 2.24) is 5.32 Å². The quantitative estimate of drug-likeness (QED) is 0.355. The van der Waals surface area contributed by atoms with Crippen LogP contribution in [0.2, 0.25) is 0 Å². The number of carboxylic acids is 1. The van der Waals surface area contributed by atoms with Crippen LogP contribution in [0.15, 0.2) is 36.4 Å². The molecular weight excluding hydrogens is 408 g/mol. The second-order valence-electron chi connectivity index (χ2n) is 6.98. The molecule has 0 heterocycles. The predicted molar refractivity (Wildman–Crippen MR) is 97.5 cm³/mol. The van der Waals surface area contributed by atoms with Crippen LogP contribution in [0.1, 0.15) is 34.8 Å². The molecule has 0 bridgehead atoms. The van der Waals surface area contributed by atoms with Gasteiger partial charge in [-0.3, -0.25) is 0 Å². The minimum Gasteiger partial charge on any atom is -0.872 e. The third-order valence-corrected chi connectivity index (χ3v) is 5.00. The molecule has 0 saturated heterocycles. The van der Waals surface area contributed by atoms with E-state index in [1.165, 1.54) is 17.7 Å². The van der Waals surface area contributed by atoms with Crippen LogP contribution in [0.25, 0.3) is 0 Å². The maximum Gasteiger partial charge on any atom is 1.00 e. The zero-order chi connectivity index (χ0) is 20.1. The summed E-state index contributed by atoms with van der Waals surface area (Å²) in [5, 5.41) is 45.0. The van der Waals surface area contributed by atoms with E-state index in [0.717, 1.165) is 24.8 Å². The van der Waals surface area contributed by atoms with E-state index in [2.05, 4.69) is 5.32 Å². The summed E-state index contributed by atoms with van der Waals surface area (Å²) >= 11 is 0. The Kier molecular flexibility index (Phi) is 11.9. The molecule has 1 aliphatic rings. The van der Waals surface area contributed by atoms with Gasteiger partial charge in [-0.1, -0.05) is 24.3 Å². The molecular formula is C21H23NNa2O6. The molecule has 3 rings (SSSR count). The van der Waals surface area contributed by atoms with Gasteiger partial charge in [-0.2, -0.15) is 0 Å². The molecule has 1 unspecified atom stereocenters. The van der Waals surface area contributed by atoms with E-state index in [4.69, 9.17) is 4.74 Å². The van der Waals surface area contributed by atoms with Gasteiger partial charge < -0.3 is 35.3 Å². The van der Waals surface area contributed by atoms with Crippen molar-refractivity contribution in [3.05, 3.63) is 58.7 Å². The molecule has 1 aliphatic carbocycles. The number of benzene rings is 2. The molecule has 2 aromatic rings. The number of aliphatic carboxylic acids is 1. The summed E-state index contributed by atoms with van der Waals surface area (Å²) in [6.07, 6.45) is 1.75. The summed E-state index contributed by atoms with van der Waals surface area (Å²) in [5.74, 6) is -1.01. The first-order chi connectivity index (χ1) is 13.5. The molecule has 3 N–H and O–H groups in total. The Balaban J connectivity index is 0.00000225. The third-order valence-electron chi connectivity index (χ3n) is 5.00. The summed E-state index contributed by atoms with van der Waals surface area (Å²) < 4.78 is 5.19. The van der Waals surface area contributed by atoms with Crippen LogP contribution in [0, 0.1) is 0 Å². The Morgan fingerprint density at radius 3 is 2.67 bits per heavy atom. The Bertz CT molecular complexity index is 848. The zero-order valence-corrected chi connectivity index (χ0v) is 21.4. The van der Waals surface area contributed by atoms with Crippen LogP contribution in [0.3, 0.4) is 0 Å². The average Bonchev–Trinajstić information content (AvgIpc) is 2.70. The number of carbonyl (C=O) groups excluding carboxylic acids is 1. The largest absolute Gasteiger partial charge is 1.00 e. The van der Waals surface area contributed by atoms with Crippen molar-refractivity contribution in [2.45, 2.75) is 38.0 Å². The molecule has 2 atom stereocenters. The van der Waals surface area contributed by atoms with Crippen molar-refractivity contribution in [2.75, 3.05) is 13.2 Å². The van der Waals surface area contributed by atoms with E-state index in [-0.39, 0.29) is 83.1 Å². The molecule has 2 aromatic carbocycles. The average molecular weight is 431 g/mol. The van der Waals surface area contributed by atoms with Crippen LogP contribution in [-0.2, 0) is 24.2 Å². The normalized spacial score (nSPS) is 15.9. The first kappa shape index (κ1) is 27.4. The third kappa shape index (κ3) is 7.51. The Hall–Kier alpha value is -0.610. The van der Waals surface area contributed by atoms with E-state index < -0.39 is 18.7 Å². The Morgan fingerprint density at radius 1 is 1.20 bits per heavy atom. The molecule has 30 heavy (non-hydrogen) atoms. The van der Waals surface area contributed by atoms with E-state index in [1.54, 1.807) is 12.1 Å². The van der Waals surface area contributed by atoms with Gasteiger partial charge in [-0.25, -0.2) is 0 Å². The fourth-order valence-corrected chi connectivity index (χ4v) is 3.47. The smallest absolute Gasteiger partial charge is 0.872 e. The van der Waals surface area contributed by atoms with Crippen LogP contribution >= 0.6 is 0 Å². The SMILES string of the molecule is O=C([O-])COc1ccc2c(c1)C[C@@H](NCC(O)c1ccc([O-])c(CO)c1)CC2.[Na+].[Na+]. The van der Waals surface area contributed by atoms with E-state index in [1.807, 2.05) is 12.1 Å². The predicted octanol–water partition coefficient (Wildman–Crippen LogP) is -6.43. The number of aliphatic hydroxyl groups excluding tert-OH is 2. The number of fused-ring (bicyclic) bond motifs is 1. The maximum atomic E-state index is 11.6. The first-order valence-corrected chi connectivity index (χ1v) is 9.23. The van der Waals surface area contributed by atoms with Gasteiger partial charge in [0.15, 0.2) is 0 Å². The van der Waals surface area contributed by atoms with Gasteiger partial charge >= 0.3 is 59.1 Å². The zero-order valence-electron chi connectivity index (χ0n) is 17.4. The monoisotopic (exact) mass is 431 g/mol. The molecule has 150 valence electrons. The van der Waals surface area contributed by atoms with Gasteiger partial charge in [0.2, 0.25) is 0 Å². The van der Waals surface area contributed by atoms with Gasteiger partial charge in [-0.15, -0.1) is 5.75 Å². The molecule has 0 radical (unpaired) electrons. The molecule has 0 spiro atoms. The molecule has 0 aliphatic heterocycles.